The molecule has 1 saturated carbocycles. The molecule has 0 saturated heterocycles. The second kappa shape index (κ2) is 4.20. The van der Waals surface area contributed by atoms with Crippen molar-refractivity contribution in [2.45, 2.75) is 25.2 Å². The molecule has 0 amide bonds. The van der Waals surface area contributed by atoms with Gasteiger partial charge in [0.15, 0.2) is 0 Å². The molecule has 3 rings (SSSR count). The highest BCUT2D eigenvalue weighted by molar-refractivity contribution is 9.10. The monoisotopic (exact) mass is 320 g/mol. The van der Waals surface area contributed by atoms with E-state index in [1.165, 1.54) is 0 Å². The number of imidazole rings is 1. The van der Waals surface area contributed by atoms with E-state index in [0.717, 1.165) is 21.4 Å². The van der Waals surface area contributed by atoms with E-state index in [2.05, 4.69) is 25.9 Å². The smallest absolute Gasteiger partial charge is 0.317 e. The summed E-state index contributed by atoms with van der Waals surface area (Å²) in [7, 11) is 0. The molecule has 4 nitrogen and oxygen atoms in total. The Balaban J connectivity index is 2.06. The molecule has 1 heterocycles. The van der Waals surface area contributed by atoms with Crippen LogP contribution in [0.4, 0.5) is 0 Å². The summed E-state index contributed by atoms with van der Waals surface area (Å²) in [5, 5.41) is 9.30. The summed E-state index contributed by atoms with van der Waals surface area (Å²) in [5.74, 6) is -0.213. The van der Waals surface area contributed by atoms with E-state index in [-0.39, 0.29) is 0 Å². The van der Waals surface area contributed by atoms with Crippen molar-refractivity contribution in [3.05, 3.63) is 40.3 Å². The Hall–Kier alpha value is -1.62. The molecule has 1 fully saturated rings. The standard InChI is InChI=1S/C14H13BrN2O2/c1-8-11(9-3-2-4-10(15)7-9)17-12(16-8)14(5-6-14)13(18)19/h2-4,7H,5-6H2,1H3,(H,16,17)(H,18,19). The van der Waals surface area contributed by atoms with Gasteiger partial charge in [-0.05, 0) is 31.9 Å². The van der Waals surface area contributed by atoms with Crippen LogP contribution in [-0.2, 0) is 10.2 Å². The maximum absolute atomic E-state index is 11.3. The van der Waals surface area contributed by atoms with E-state index in [4.69, 9.17) is 0 Å². The predicted octanol–water partition coefficient (Wildman–Crippen LogP) is 3.26. The average Bonchev–Trinajstić information content (AvgIpc) is 3.08. The van der Waals surface area contributed by atoms with Gasteiger partial charge in [-0.25, -0.2) is 4.98 Å². The number of halogens is 1. The quantitative estimate of drug-likeness (QED) is 0.912. The average molecular weight is 321 g/mol. The number of carboxylic acids is 1. The van der Waals surface area contributed by atoms with Crippen LogP contribution >= 0.6 is 15.9 Å². The SMILES string of the molecule is Cc1[nH]c(C2(C(=O)O)CC2)nc1-c1cccc(Br)c1. The van der Waals surface area contributed by atoms with Crippen LogP contribution in [0.3, 0.4) is 0 Å². The second-order valence-corrected chi connectivity index (χ2v) is 5.87. The van der Waals surface area contributed by atoms with Gasteiger partial charge in [-0.2, -0.15) is 0 Å². The fraction of sp³-hybridized carbons (Fsp3) is 0.286. The van der Waals surface area contributed by atoms with Gasteiger partial charge < -0.3 is 10.1 Å². The summed E-state index contributed by atoms with van der Waals surface area (Å²) in [5.41, 5.74) is 1.93. The van der Waals surface area contributed by atoms with E-state index in [1.807, 2.05) is 31.2 Å². The lowest BCUT2D eigenvalue weighted by atomic mass is 10.1. The minimum atomic E-state index is -0.790. The summed E-state index contributed by atoms with van der Waals surface area (Å²) in [6.07, 6.45) is 1.32. The van der Waals surface area contributed by atoms with Crippen LogP contribution < -0.4 is 0 Å². The number of aromatic amines is 1. The van der Waals surface area contributed by atoms with Crippen molar-refractivity contribution >= 4 is 21.9 Å². The first-order valence-electron chi connectivity index (χ1n) is 6.09. The molecule has 1 aromatic carbocycles. The molecule has 98 valence electrons. The molecule has 0 aliphatic heterocycles. The lowest BCUT2D eigenvalue weighted by molar-refractivity contribution is -0.140. The van der Waals surface area contributed by atoms with Crippen LogP contribution in [-0.4, -0.2) is 21.0 Å². The topological polar surface area (TPSA) is 66.0 Å². The van der Waals surface area contributed by atoms with Gasteiger partial charge >= 0.3 is 5.97 Å². The zero-order valence-corrected chi connectivity index (χ0v) is 12.0. The van der Waals surface area contributed by atoms with Crippen LogP contribution in [0.2, 0.25) is 0 Å². The van der Waals surface area contributed by atoms with E-state index >= 15 is 0 Å². The molecule has 1 aliphatic carbocycles. The molecule has 0 radical (unpaired) electrons. The van der Waals surface area contributed by atoms with Gasteiger partial charge in [0.05, 0.1) is 5.69 Å². The maximum Gasteiger partial charge on any atom is 0.317 e. The Bertz CT molecular complexity index is 659. The summed E-state index contributed by atoms with van der Waals surface area (Å²) in [4.78, 5) is 19.0. The maximum atomic E-state index is 11.3. The molecule has 2 aromatic rings. The number of H-pyrrole nitrogens is 1. The summed E-state index contributed by atoms with van der Waals surface area (Å²) >= 11 is 3.43. The number of aromatic nitrogens is 2. The number of rotatable bonds is 3. The number of aliphatic carboxylic acids is 1. The molecule has 1 aromatic heterocycles. The van der Waals surface area contributed by atoms with Crippen molar-refractivity contribution < 1.29 is 9.90 Å². The number of nitrogens with one attached hydrogen (secondary N) is 1. The number of hydrogen-bond acceptors (Lipinski definition) is 2. The first kappa shape index (κ1) is 12.4. The highest BCUT2D eigenvalue weighted by atomic mass is 79.9. The zero-order valence-electron chi connectivity index (χ0n) is 10.4. The van der Waals surface area contributed by atoms with Crippen molar-refractivity contribution in [2.75, 3.05) is 0 Å². The van der Waals surface area contributed by atoms with Crippen LogP contribution in [0.1, 0.15) is 24.4 Å². The molecule has 0 bridgehead atoms. The number of aryl methyl sites for hydroxylation is 1. The highest BCUT2D eigenvalue weighted by Gasteiger charge is 2.54. The van der Waals surface area contributed by atoms with E-state index in [0.29, 0.717) is 18.7 Å². The Morgan fingerprint density at radius 2 is 2.21 bits per heavy atom. The fourth-order valence-corrected chi connectivity index (χ4v) is 2.68. The van der Waals surface area contributed by atoms with Crippen LogP contribution in [0.15, 0.2) is 28.7 Å². The predicted molar refractivity (Wildman–Crippen MR) is 75.0 cm³/mol. The van der Waals surface area contributed by atoms with Gasteiger partial charge in [-0.3, -0.25) is 4.79 Å². The number of nitrogens with zero attached hydrogens (tertiary/aromatic N) is 1. The number of carbonyl (C=O) groups is 1. The molecule has 0 unspecified atom stereocenters. The van der Waals surface area contributed by atoms with Crippen molar-refractivity contribution in [3.63, 3.8) is 0 Å². The molecule has 1 aliphatic rings. The zero-order chi connectivity index (χ0) is 13.6. The van der Waals surface area contributed by atoms with Crippen LogP contribution in [0.25, 0.3) is 11.3 Å². The Kier molecular flexibility index (Phi) is 2.74. The summed E-state index contributed by atoms with van der Waals surface area (Å²) in [6, 6.07) is 7.84. The van der Waals surface area contributed by atoms with Crippen LogP contribution in [0, 0.1) is 6.92 Å². The van der Waals surface area contributed by atoms with Gasteiger partial charge in [0, 0.05) is 15.7 Å². The molecular weight excluding hydrogens is 308 g/mol. The molecule has 19 heavy (non-hydrogen) atoms. The van der Waals surface area contributed by atoms with Crippen LogP contribution in [0.5, 0.6) is 0 Å². The van der Waals surface area contributed by atoms with Crippen molar-refractivity contribution in [1.82, 2.24) is 9.97 Å². The first-order valence-corrected chi connectivity index (χ1v) is 6.89. The second-order valence-electron chi connectivity index (χ2n) is 4.96. The molecule has 5 heteroatoms. The third-order valence-corrected chi connectivity index (χ3v) is 4.09. The lowest BCUT2D eigenvalue weighted by Gasteiger charge is -2.04. The van der Waals surface area contributed by atoms with Crippen molar-refractivity contribution in [2.24, 2.45) is 0 Å². The molecule has 0 atom stereocenters. The van der Waals surface area contributed by atoms with E-state index in [1.54, 1.807) is 0 Å². The first-order chi connectivity index (χ1) is 9.03. The van der Waals surface area contributed by atoms with Crippen molar-refractivity contribution in [3.8, 4) is 11.3 Å². The lowest BCUT2D eigenvalue weighted by Crippen LogP contribution is -2.21. The third kappa shape index (κ3) is 1.98. The highest BCUT2D eigenvalue weighted by Crippen LogP contribution is 2.47. The van der Waals surface area contributed by atoms with Gasteiger partial charge in [-0.1, -0.05) is 28.1 Å². The number of benzene rings is 1. The molecular formula is C14H13BrN2O2. The van der Waals surface area contributed by atoms with Crippen molar-refractivity contribution in [1.29, 1.82) is 0 Å². The Morgan fingerprint density at radius 3 is 2.79 bits per heavy atom. The van der Waals surface area contributed by atoms with E-state index < -0.39 is 11.4 Å². The summed E-state index contributed by atoms with van der Waals surface area (Å²) in [6.45, 7) is 1.92. The summed E-state index contributed by atoms with van der Waals surface area (Å²) < 4.78 is 0.980. The Labute approximate surface area is 119 Å². The molecule has 2 N–H and O–H groups in total. The third-order valence-electron chi connectivity index (χ3n) is 3.60. The van der Waals surface area contributed by atoms with E-state index in [9.17, 15) is 9.90 Å². The molecule has 0 spiro atoms. The van der Waals surface area contributed by atoms with Gasteiger partial charge in [-0.15, -0.1) is 0 Å². The number of carboxylic acid groups (broad SMARTS) is 1. The normalized spacial score (nSPS) is 16.3. The largest absolute Gasteiger partial charge is 0.480 e. The Morgan fingerprint density at radius 1 is 1.47 bits per heavy atom. The fourth-order valence-electron chi connectivity index (χ4n) is 2.28. The van der Waals surface area contributed by atoms with Gasteiger partial charge in [0.25, 0.3) is 0 Å². The minimum absolute atomic E-state index is 0.576. The number of hydrogen-bond donors (Lipinski definition) is 2. The van der Waals surface area contributed by atoms with Gasteiger partial charge in [0.2, 0.25) is 0 Å². The minimum Gasteiger partial charge on any atom is -0.480 e. The van der Waals surface area contributed by atoms with Gasteiger partial charge in [0.1, 0.15) is 11.2 Å².